The van der Waals surface area contributed by atoms with Crippen molar-refractivity contribution >= 4 is 29.5 Å². The van der Waals surface area contributed by atoms with Crippen LogP contribution >= 0.6 is 11.6 Å². The summed E-state index contributed by atoms with van der Waals surface area (Å²) >= 11 is 6.42. The van der Waals surface area contributed by atoms with Gasteiger partial charge in [0.15, 0.2) is 12.0 Å². The number of nitrogens with one attached hydrogen (secondary N) is 1. The molecule has 1 aliphatic rings. The van der Waals surface area contributed by atoms with Gasteiger partial charge < -0.3 is 15.2 Å². The fraction of sp³-hybridized carbons (Fsp3) is 0.320. The van der Waals surface area contributed by atoms with Crippen molar-refractivity contribution in [3.05, 3.63) is 59.1 Å². The van der Waals surface area contributed by atoms with E-state index in [0.717, 1.165) is 30.1 Å². The Morgan fingerprint density at radius 3 is 2.83 bits per heavy atom. The highest BCUT2D eigenvalue weighted by atomic mass is 35.5. The van der Waals surface area contributed by atoms with Gasteiger partial charge in [0, 0.05) is 36.5 Å². The minimum Gasteiger partial charge on any atom is -0.450 e. The maximum Gasteiger partial charge on any atom is 0.507 e. The van der Waals surface area contributed by atoms with E-state index in [1.807, 2.05) is 0 Å². The summed E-state index contributed by atoms with van der Waals surface area (Å²) in [7, 11) is 1.61. The molecule has 2 atom stereocenters. The minimum atomic E-state index is -1.50. The normalized spacial score (nSPS) is 15.9. The second-order valence-electron chi connectivity index (χ2n) is 9.14. The molecule has 4 heterocycles. The predicted octanol–water partition coefficient (Wildman–Crippen LogP) is 3.54. The van der Waals surface area contributed by atoms with E-state index < -0.39 is 24.1 Å². The number of aryl methyl sites for hydroxylation is 1. The first-order valence-corrected chi connectivity index (χ1v) is 12.8. The molecule has 3 aromatic heterocycles. The molecular weight excluding hydrogens is 545 g/mol. The van der Waals surface area contributed by atoms with Crippen LogP contribution in [-0.4, -0.2) is 71.3 Å². The summed E-state index contributed by atoms with van der Waals surface area (Å²) in [6, 6.07) is 7.29. The molecule has 1 fully saturated rings. The monoisotopic (exact) mass is 569 g/mol. The molecule has 0 radical (unpaired) electrons. The Morgan fingerprint density at radius 2 is 2.12 bits per heavy atom. The molecule has 2 N–H and O–H groups in total. The summed E-state index contributed by atoms with van der Waals surface area (Å²) in [5.41, 5.74) is 0.910. The molecule has 1 unspecified atom stereocenters. The van der Waals surface area contributed by atoms with Crippen LogP contribution in [0.4, 0.5) is 15.0 Å². The average molecular weight is 570 g/mol. The average Bonchev–Trinajstić information content (AvgIpc) is 3.56. The summed E-state index contributed by atoms with van der Waals surface area (Å²) < 4.78 is 23.1. The number of piperidine rings is 1. The second-order valence-corrected chi connectivity index (χ2v) is 9.55. The number of ether oxygens (including phenoxy) is 1. The smallest absolute Gasteiger partial charge is 0.450 e. The molecule has 4 aromatic rings. The van der Waals surface area contributed by atoms with Gasteiger partial charge in [-0.2, -0.15) is 9.78 Å². The molecule has 1 aromatic carbocycles. The van der Waals surface area contributed by atoms with Crippen LogP contribution in [0.3, 0.4) is 0 Å². The van der Waals surface area contributed by atoms with Crippen molar-refractivity contribution in [2.45, 2.75) is 32.0 Å². The van der Waals surface area contributed by atoms with Crippen LogP contribution in [0.1, 0.15) is 36.4 Å². The number of hydrogen-bond donors (Lipinski definition) is 2. The van der Waals surface area contributed by atoms with Gasteiger partial charge in [-0.15, -0.1) is 5.10 Å². The number of tetrazole rings is 1. The minimum absolute atomic E-state index is 0.115. The molecule has 5 rings (SSSR count). The Labute approximate surface area is 232 Å². The van der Waals surface area contributed by atoms with Crippen LogP contribution in [0.25, 0.3) is 22.6 Å². The molecule has 1 saturated heterocycles. The number of aromatic nitrogens is 7. The molecule has 0 spiro atoms. The van der Waals surface area contributed by atoms with E-state index in [0.29, 0.717) is 28.6 Å². The number of nitrogens with zero attached hydrogens (tertiary/aromatic N) is 8. The van der Waals surface area contributed by atoms with Gasteiger partial charge in [-0.25, -0.2) is 14.2 Å². The Kier molecular flexibility index (Phi) is 7.71. The number of carboxylic acid groups (broad SMARTS) is 1. The highest BCUT2D eigenvalue weighted by molar-refractivity contribution is 6.33. The Bertz CT molecular complexity index is 1550. The molecule has 208 valence electrons. The molecule has 40 heavy (non-hydrogen) atoms. The van der Waals surface area contributed by atoms with E-state index in [2.05, 4.69) is 30.9 Å². The van der Waals surface area contributed by atoms with Gasteiger partial charge in [0.2, 0.25) is 5.82 Å². The third-order valence-electron chi connectivity index (χ3n) is 6.59. The number of anilines is 1. The van der Waals surface area contributed by atoms with Crippen LogP contribution < -0.4 is 10.2 Å². The zero-order valence-electron chi connectivity index (χ0n) is 21.5. The van der Waals surface area contributed by atoms with Crippen LogP contribution in [0, 0.1) is 5.82 Å². The summed E-state index contributed by atoms with van der Waals surface area (Å²) in [5, 5.41) is 28.3. The highest BCUT2D eigenvalue weighted by Gasteiger charge is 2.31. The predicted molar refractivity (Wildman–Crippen MR) is 141 cm³/mol. The van der Waals surface area contributed by atoms with Crippen LogP contribution in [0.15, 0.2) is 42.7 Å². The number of halogens is 2. The van der Waals surface area contributed by atoms with Crippen molar-refractivity contribution < 1.29 is 23.8 Å². The van der Waals surface area contributed by atoms with Gasteiger partial charge in [0.25, 0.3) is 5.91 Å². The Balaban J connectivity index is 1.51. The van der Waals surface area contributed by atoms with Crippen molar-refractivity contribution in [2.75, 3.05) is 18.0 Å². The number of rotatable bonds is 7. The maximum atomic E-state index is 15.7. The second kappa shape index (κ2) is 11.4. The van der Waals surface area contributed by atoms with Crippen LogP contribution in [0.2, 0.25) is 5.02 Å². The SMILES string of the molecule is CC(OC(=O)O)n1nnnc1-c1c(-c2ccc(C(=O)N(c3ncccc3Cl)[C@@H]3CCCNC3)cc2F)cnn1C. The van der Waals surface area contributed by atoms with Crippen molar-refractivity contribution in [2.24, 2.45) is 7.05 Å². The fourth-order valence-corrected chi connectivity index (χ4v) is 4.95. The first kappa shape index (κ1) is 27.1. The Hall–Kier alpha value is -4.43. The standard InChI is InChI=1S/C25H25ClFN9O4/c1-14(40-25(38)39)36-23(31-32-33-36)21-18(13-30-34(21)2)17-8-7-15(11-20(17)27)24(37)35(16-5-3-9-28-12-16)22-19(26)6-4-10-29-22/h4,6-8,10-11,13-14,16,28H,3,5,9,12H2,1-2H3,(H,38,39)/t14?,16-/m1/s1. The number of carbonyl (C=O) groups is 2. The van der Waals surface area contributed by atoms with Crippen molar-refractivity contribution in [3.8, 4) is 22.6 Å². The number of hydrogen-bond acceptors (Lipinski definition) is 9. The fourth-order valence-electron chi connectivity index (χ4n) is 4.74. The van der Waals surface area contributed by atoms with Gasteiger partial charge in [-0.3, -0.25) is 14.4 Å². The number of carbonyl (C=O) groups excluding carboxylic acids is 1. The lowest BCUT2D eigenvalue weighted by Gasteiger charge is -2.34. The summed E-state index contributed by atoms with van der Waals surface area (Å²) in [6.07, 6.45) is 2.03. The molecular formula is C25H25ClFN9O4. The first-order valence-electron chi connectivity index (χ1n) is 12.4. The lowest BCUT2D eigenvalue weighted by Crippen LogP contribution is -2.49. The summed E-state index contributed by atoms with van der Waals surface area (Å²) in [5.74, 6) is -0.687. The number of amides is 1. The van der Waals surface area contributed by atoms with Gasteiger partial charge in [0.05, 0.1) is 17.3 Å². The van der Waals surface area contributed by atoms with E-state index >= 15 is 4.39 Å². The van der Waals surface area contributed by atoms with Gasteiger partial charge >= 0.3 is 6.16 Å². The quantitative estimate of drug-likeness (QED) is 0.316. The van der Waals surface area contributed by atoms with E-state index in [1.54, 1.807) is 25.4 Å². The topological polar surface area (TPSA) is 153 Å². The molecule has 0 saturated carbocycles. The van der Waals surface area contributed by atoms with E-state index in [1.165, 1.54) is 34.8 Å². The largest absolute Gasteiger partial charge is 0.507 e. The molecule has 0 bridgehead atoms. The summed E-state index contributed by atoms with van der Waals surface area (Å²) in [4.78, 5) is 30.7. The van der Waals surface area contributed by atoms with Gasteiger partial charge in [0.1, 0.15) is 11.5 Å². The lowest BCUT2D eigenvalue weighted by atomic mass is 10.0. The number of benzene rings is 1. The van der Waals surface area contributed by atoms with E-state index in [-0.39, 0.29) is 23.0 Å². The van der Waals surface area contributed by atoms with Crippen molar-refractivity contribution in [1.29, 1.82) is 0 Å². The molecule has 1 amide bonds. The van der Waals surface area contributed by atoms with Crippen molar-refractivity contribution in [3.63, 3.8) is 0 Å². The Morgan fingerprint density at radius 1 is 1.30 bits per heavy atom. The van der Waals surface area contributed by atoms with Gasteiger partial charge in [-0.1, -0.05) is 17.7 Å². The molecule has 15 heteroatoms. The zero-order chi connectivity index (χ0) is 28.4. The van der Waals surface area contributed by atoms with Crippen LogP contribution in [0.5, 0.6) is 0 Å². The number of pyridine rings is 1. The van der Waals surface area contributed by atoms with Gasteiger partial charge in [-0.05, 0) is 61.0 Å². The maximum absolute atomic E-state index is 15.7. The lowest BCUT2D eigenvalue weighted by molar-refractivity contribution is 0.0219. The molecule has 13 nitrogen and oxygen atoms in total. The van der Waals surface area contributed by atoms with E-state index in [4.69, 9.17) is 21.4 Å². The van der Waals surface area contributed by atoms with Crippen molar-refractivity contribution in [1.82, 2.24) is 40.3 Å². The third-order valence-corrected chi connectivity index (χ3v) is 6.88. The zero-order valence-corrected chi connectivity index (χ0v) is 22.3. The molecule has 0 aliphatic carbocycles. The first-order chi connectivity index (χ1) is 19.3. The van der Waals surface area contributed by atoms with E-state index in [9.17, 15) is 9.59 Å². The summed E-state index contributed by atoms with van der Waals surface area (Å²) in [6.45, 7) is 2.85. The highest BCUT2D eigenvalue weighted by Crippen LogP contribution is 2.34. The molecule has 1 aliphatic heterocycles. The third kappa shape index (κ3) is 5.22. The van der Waals surface area contributed by atoms with Crippen LogP contribution in [-0.2, 0) is 11.8 Å².